The minimum absolute atomic E-state index is 0.112. The molecule has 1 aliphatic heterocycles. The first kappa shape index (κ1) is 17.1. The van der Waals surface area contributed by atoms with Crippen molar-refractivity contribution in [2.75, 3.05) is 51.8 Å². The van der Waals surface area contributed by atoms with Crippen LogP contribution in [0.25, 0.3) is 10.9 Å². The number of hydrogen-bond donors (Lipinski definition) is 1. The number of fused-ring (bicyclic) bond motifs is 1. The molecule has 1 fully saturated rings. The predicted octanol–water partition coefficient (Wildman–Crippen LogP) is 4.14. The van der Waals surface area contributed by atoms with Crippen LogP contribution in [0.5, 0.6) is 11.5 Å². The van der Waals surface area contributed by atoms with Gasteiger partial charge < -0.3 is 19.5 Å². The van der Waals surface area contributed by atoms with E-state index in [1.165, 1.54) is 6.33 Å². The zero-order valence-electron chi connectivity index (χ0n) is 19.4. The van der Waals surface area contributed by atoms with Crippen molar-refractivity contribution in [1.29, 1.82) is 0 Å². The molecular weight excluding hydrogens is 404 g/mol. The van der Waals surface area contributed by atoms with Gasteiger partial charge in [0.1, 0.15) is 12.1 Å². The lowest BCUT2D eigenvalue weighted by Gasteiger charge is -2.26. The number of hydrogen-bond acceptors (Lipinski definition) is 7. The number of anilines is 2. The second-order valence-corrected chi connectivity index (χ2v) is 7.37. The number of nitrogens with zero attached hydrogens (tertiary/aromatic N) is 3. The highest BCUT2D eigenvalue weighted by molar-refractivity contribution is 6.30. The molecule has 8 heteroatoms. The molecule has 158 valence electrons. The van der Waals surface area contributed by atoms with Gasteiger partial charge in [-0.15, -0.1) is 0 Å². The van der Waals surface area contributed by atoms with Crippen molar-refractivity contribution in [1.82, 2.24) is 14.9 Å². The van der Waals surface area contributed by atoms with E-state index in [4.69, 9.17) is 29.9 Å². The highest BCUT2D eigenvalue weighted by atomic mass is 35.5. The number of benzene rings is 2. The first-order valence-electron chi connectivity index (χ1n) is 11.3. The van der Waals surface area contributed by atoms with Gasteiger partial charge in [0.15, 0.2) is 11.5 Å². The SMILES string of the molecule is [2H]C([2H])([2H])Oc1cc2ncnc(Nc3cccc(Cl)c3)c2cc1OCCCN1CCOCC1. The van der Waals surface area contributed by atoms with E-state index in [-0.39, 0.29) is 5.75 Å². The zero-order chi connectivity index (χ0) is 23.3. The Morgan fingerprint density at radius 3 is 2.93 bits per heavy atom. The van der Waals surface area contributed by atoms with Crippen LogP contribution in [0.4, 0.5) is 11.5 Å². The molecule has 3 aromatic rings. The van der Waals surface area contributed by atoms with Gasteiger partial charge in [0.2, 0.25) is 0 Å². The standard InChI is InChI=1S/C22H25ClN4O3/c1-28-20-14-19-18(13-21(20)30-9-3-6-27-7-10-29-11-8-27)22(25-15-24-19)26-17-5-2-4-16(23)12-17/h2,4-5,12-15H,3,6-11H2,1H3,(H,24,25,26)/i1D3. The van der Waals surface area contributed by atoms with Gasteiger partial charge in [0.05, 0.1) is 36.5 Å². The van der Waals surface area contributed by atoms with Gasteiger partial charge in [-0.25, -0.2) is 9.97 Å². The normalized spacial score (nSPS) is 16.5. The van der Waals surface area contributed by atoms with Crippen LogP contribution < -0.4 is 14.8 Å². The minimum Gasteiger partial charge on any atom is -0.493 e. The average Bonchev–Trinajstić information content (AvgIpc) is 2.77. The molecule has 30 heavy (non-hydrogen) atoms. The van der Waals surface area contributed by atoms with Gasteiger partial charge >= 0.3 is 0 Å². The van der Waals surface area contributed by atoms with Crippen LogP contribution in [0.3, 0.4) is 0 Å². The van der Waals surface area contributed by atoms with Crippen molar-refractivity contribution in [3.63, 3.8) is 0 Å². The average molecular weight is 432 g/mol. The molecule has 1 N–H and O–H groups in total. The Bertz CT molecular complexity index is 1090. The molecule has 2 heterocycles. The van der Waals surface area contributed by atoms with Crippen molar-refractivity contribution < 1.29 is 18.3 Å². The van der Waals surface area contributed by atoms with E-state index in [0.29, 0.717) is 34.1 Å². The molecule has 0 atom stereocenters. The molecule has 1 aromatic heterocycles. The van der Waals surface area contributed by atoms with E-state index in [9.17, 15) is 0 Å². The predicted molar refractivity (Wildman–Crippen MR) is 118 cm³/mol. The maximum absolute atomic E-state index is 7.51. The number of morpholine rings is 1. The Labute approximate surface area is 185 Å². The zero-order valence-corrected chi connectivity index (χ0v) is 17.2. The number of halogens is 1. The first-order valence-corrected chi connectivity index (χ1v) is 10.2. The highest BCUT2D eigenvalue weighted by Gasteiger charge is 2.13. The summed E-state index contributed by atoms with van der Waals surface area (Å²) < 4.78 is 39.1. The third-order valence-corrected chi connectivity index (χ3v) is 5.11. The number of ether oxygens (including phenoxy) is 3. The third kappa shape index (κ3) is 5.11. The Morgan fingerprint density at radius 2 is 2.10 bits per heavy atom. The molecule has 7 nitrogen and oxygen atoms in total. The molecule has 0 amide bonds. The lowest BCUT2D eigenvalue weighted by molar-refractivity contribution is 0.0357. The molecular formula is C22H25ClN4O3. The molecule has 0 unspecified atom stereocenters. The van der Waals surface area contributed by atoms with Gasteiger partial charge in [-0.05, 0) is 30.7 Å². The van der Waals surface area contributed by atoms with Crippen molar-refractivity contribution in [2.24, 2.45) is 0 Å². The van der Waals surface area contributed by atoms with E-state index in [0.717, 1.165) is 45.0 Å². The first-order chi connectivity index (χ1) is 15.9. The van der Waals surface area contributed by atoms with Crippen LogP contribution in [0.2, 0.25) is 5.02 Å². The Kier molecular flexibility index (Phi) is 5.66. The molecule has 0 spiro atoms. The minimum atomic E-state index is -2.62. The van der Waals surface area contributed by atoms with Crippen LogP contribution in [-0.2, 0) is 4.74 Å². The lowest BCUT2D eigenvalue weighted by atomic mass is 10.2. The molecule has 0 radical (unpaired) electrons. The summed E-state index contributed by atoms with van der Waals surface area (Å²) in [6.07, 6.45) is 2.18. The van der Waals surface area contributed by atoms with E-state index in [1.54, 1.807) is 24.3 Å². The summed E-state index contributed by atoms with van der Waals surface area (Å²) in [7, 11) is -2.62. The molecule has 0 bridgehead atoms. The summed E-state index contributed by atoms with van der Waals surface area (Å²) in [5, 5.41) is 4.49. The lowest BCUT2D eigenvalue weighted by Crippen LogP contribution is -2.37. The fourth-order valence-corrected chi connectivity index (χ4v) is 3.54. The molecule has 2 aromatic carbocycles. The smallest absolute Gasteiger partial charge is 0.162 e. The Hall–Kier alpha value is -2.61. The van der Waals surface area contributed by atoms with Crippen LogP contribution in [0.1, 0.15) is 10.5 Å². The van der Waals surface area contributed by atoms with E-state index >= 15 is 0 Å². The van der Waals surface area contributed by atoms with Crippen molar-refractivity contribution >= 4 is 34.0 Å². The summed E-state index contributed by atoms with van der Waals surface area (Å²) in [5.74, 6) is 0.978. The Morgan fingerprint density at radius 1 is 1.20 bits per heavy atom. The van der Waals surface area contributed by atoms with Gasteiger partial charge in [-0.1, -0.05) is 17.7 Å². The van der Waals surface area contributed by atoms with Crippen LogP contribution >= 0.6 is 11.6 Å². The molecule has 1 saturated heterocycles. The highest BCUT2D eigenvalue weighted by Crippen LogP contribution is 2.35. The fourth-order valence-electron chi connectivity index (χ4n) is 3.35. The maximum Gasteiger partial charge on any atom is 0.162 e. The van der Waals surface area contributed by atoms with Gasteiger partial charge in [-0.2, -0.15) is 0 Å². The molecule has 1 aliphatic rings. The number of rotatable bonds is 8. The van der Waals surface area contributed by atoms with E-state index in [2.05, 4.69) is 20.2 Å². The van der Waals surface area contributed by atoms with Crippen LogP contribution in [-0.4, -0.2) is 61.4 Å². The second kappa shape index (κ2) is 9.93. The summed E-state index contributed by atoms with van der Waals surface area (Å²) >= 11 is 6.09. The fraction of sp³-hybridized carbons (Fsp3) is 0.364. The number of methoxy groups -OCH3 is 1. The third-order valence-electron chi connectivity index (χ3n) is 4.88. The number of nitrogens with one attached hydrogen (secondary N) is 1. The van der Waals surface area contributed by atoms with Crippen molar-refractivity contribution in [3.8, 4) is 11.5 Å². The summed E-state index contributed by atoms with van der Waals surface area (Å²) in [5.41, 5.74) is 1.28. The quantitative estimate of drug-likeness (QED) is 0.537. The van der Waals surface area contributed by atoms with Gasteiger partial charge in [-0.3, -0.25) is 4.90 Å². The maximum atomic E-state index is 7.51. The topological polar surface area (TPSA) is 68.7 Å². The van der Waals surface area contributed by atoms with E-state index in [1.807, 2.05) is 12.1 Å². The van der Waals surface area contributed by atoms with E-state index < -0.39 is 7.04 Å². The molecule has 0 aliphatic carbocycles. The number of aromatic nitrogens is 2. The van der Waals surface area contributed by atoms with Crippen LogP contribution in [0.15, 0.2) is 42.7 Å². The van der Waals surface area contributed by atoms with Gasteiger partial charge in [0, 0.05) is 41.8 Å². The largest absolute Gasteiger partial charge is 0.493 e. The summed E-state index contributed by atoms with van der Waals surface area (Å²) in [6.45, 7) is 4.57. The summed E-state index contributed by atoms with van der Waals surface area (Å²) in [4.78, 5) is 10.9. The van der Waals surface area contributed by atoms with Crippen molar-refractivity contribution in [3.05, 3.63) is 47.7 Å². The second-order valence-electron chi connectivity index (χ2n) is 6.93. The molecule has 0 saturated carbocycles. The van der Waals surface area contributed by atoms with Crippen LogP contribution in [0, 0.1) is 0 Å². The Balaban J connectivity index is 1.57. The summed E-state index contributed by atoms with van der Waals surface area (Å²) in [6, 6.07) is 10.5. The van der Waals surface area contributed by atoms with Gasteiger partial charge in [0.25, 0.3) is 0 Å². The monoisotopic (exact) mass is 431 g/mol. The molecule has 4 rings (SSSR count). The van der Waals surface area contributed by atoms with Crippen molar-refractivity contribution in [2.45, 2.75) is 6.42 Å².